The average Bonchev–Trinajstić information content (AvgIpc) is 2.40. The lowest BCUT2D eigenvalue weighted by atomic mass is 10.1. The van der Waals surface area contributed by atoms with E-state index in [0.29, 0.717) is 25.2 Å². The summed E-state index contributed by atoms with van der Waals surface area (Å²) in [5.74, 6) is -0.193. The first-order valence-corrected chi connectivity index (χ1v) is 7.22. The minimum absolute atomic E-state index is 0.0891. The summed E-state index contributed by atoms with van der Waals surface area (Å²) >= 11 is 0. The van der Waals surface area contributed by atoms with Gasteiger partial charge in [-0.25, -0.2) is 9.37 Å². The molecule has 0 saturated carbocycles. The maximum Gasteiger partial charge on any atom is 0.242 e. The number of piperazine rings is 1. The molecular formula is C15H23FN4O. The highest BCUT2D eigenvalue weighted by Gasteiger charge is 2.29. The predicted octanol–water partition coefficient (Wildman–Crippen LogP) is 1.43. The number of halogens is 1. The zero-order valence-corrected chi connectivity index (χ0v) is 13.0. The van der Waals surface area contributed by atoms with E-state index in [1.165, 1.54) is 0 Å². The fraction of sp³-hybridized carbons (Fsp3) is 0.600. The van der Waals surface area contributed by atoms with Crippen LogP contribution in [0.1, 0.15) is 33.3 Å². The van der Waals surface area contributed by atoms with E-state index in [9.17, 15) is 9.18 Å². The highest BCUT2D eigenvalue weighted by atomic mass is 19.1. The summed E-state index contributed by atoms with van der Waals surface area (Å²) in [6.07, 6.45) is 1.59. The topological polar surface area (TPSA) is 57.3 Å². The summed E-state index contributed by atoms with van der Waals surface area (Å²) in [6.45, 7) is 9.36. The van der Waals surface area contributed by atoms with Crippen LogP contribution < -0.4 is 15.5 Å². The molecule has 2 N–H and O–H groups in total. The molecule has 1 atom stereocenters. The van der Waals surface area contributed by atoms with Crippen molar-refractivity contribution in [2.24, 2.45) is 0 Å². The van der Waals surface area contributed by atoms with Crippen LogP contribution in [-0.2, 0) is 11.3 Å². The number of hydrogen-bond donors (Lipinski definition) is 2. The van der Waals surface area contributed by atoms with Gasteiger partial charge in [-0.3, -0.25) is 4.79 Å². The summed E-state index contributed by atoms with van der Waals surface area (Å²) in [5, 5.41) is 6.03. The van der Waals surface area contributed by atoms with Crippen molar-refractivity contribution < 1.29 is 9.18 Å². The van der Waals surface area contributed by atoms with E-state index in [1.807, 2.05) is 20.8 Å². The van der Waals surface area contributed by atoms with Crippen molar-refractivity contribution in [3.63, 3.8) is 0 Å². The van der Waals surface area contributed by atoms with Crippen molar-refractivity contribution >= 4 is 11.7 Å². The molecule has 5 nitrogen and oxygen atoms in total. The SMILES string of the molecule is CC1C(=O)NCCN1c1nccc(CNC(C)(C)C)c1F. The van der Waals surface area contributed by atoms with Gasteiger partial charge in [-0.15, -0.1) is 0 Å². The lowest BCUT2D eigenvalue weighted by molar-refractivity contribution is -0.122. The molecule has 1 aliphatic heterocycles. The highest BCUT2D eigenvalue weighted by Crippen LogP contribution is 2.22. The third-order valence-electron chi connectivity index (χ3n) is 3.53. The summed E-state index contributed by atoms with van der Waals surface area (Å²) in [7, 11) is 0. The molecule has 21 heavy (non-hydrogen) atoms. The Hall–Kier alpha value is -1.69. The number of anilines is 1. The molecule has 6 heteroatoms. The zero-order valence-electron chi connectivity index (χ0n) is 13.0. The van der Waals surface area contributed by atoms with E-state index in [-0.39, 0.29) is 23.1 Å². The fourth-order valence-corrected chi connectivity index (χ4v) is 2.24. The fourth-order valence-electron chi connectivity index (χ4n) is 2.24. The van der Waals surface area contributed by atoms with E-state index in [0.717, 1.165) is 0 Å². The van der Waals surface area contributed by atoms with Gasteiger partial charge in [-0.1, -0.05) is 0 Å². The minimum Gasteiger partial charge on any atom is -0.353 e. The summed E-state index contributed by atoms with van der Waals surface area (Å²) < 4.78 is 14.7. The number of nitrogens with one attached hydrogen (secondary N) is 2. The Bertz CT molecular complexity index is 527. The number of hydrogen-bond acceptors (Lipinski definition) is 4. The lowest BCUT2D eigenvalue weighted by Crippen LogP contribution is -2.54. The van der Waals surface area contributed by atoms with Gasteiger partial charge in [-0.2, -0.15) is 0 Å². The Morgan fingerprint density at radius 1 is 1.52 bits per heavy atom. The first-order chi connectivity index (χ1) is 9.79. The van der Waals surface area contributed by atoms with E-state index in [4.69, 9.17) is 0 Å². The van der Waals surface area contributed by atoms with Gasteiger partial charge in [0.25, 0.3) is 0 Å². The molecule has 1 amide bonds. The quantitative estimate of drug-likeness (QED) is 0.885. The van der Waals surface area contributed by atoms with Crippen LogP contribution in [0.5, 0.6) is 0 Å². The summed E-state index contributed by atoms with van der Waals surface area (Å²) in [6, 6.07) is 1.26. The molecule has 1 aliphatic rings. The second kappa shape index (κ2) is 5.97. The van der Waals surface area contributed by atoms with E-state index >= 15 is 0 Å². The third kappa shape index (κ3) is 3.69. The monoisotopic (exact) mass is 294 g/mol. The van der Waals surface area contributed by atoms with Gasteiger partial charge in [0.2, 0.25) is 5.91 Å². The molecule has 0 bridgehead atoms. The first-order valence-electron chi connectivity index (χ1n) is 7.22. The largest absolute Gasteiger partial charge is 0.353 e. The van der Waals surface area contributed by atoms with Crippen LogP contribution in [0.4, 0.5) is 10.2 Å². The smallest absolute Gasteiger partial charge is 0.242 e. The molecule has 0 aromatic carbocycles. The molecule has 1 unspecified atom stereocenters. The van der Waals surface area contributed by atoms with Crippen LogP contribution in [0.15, 0.2) is 12.3 Å². The molecule has 1 aromatic rings. The molecule has 0 spiro atoms. The molecule has 1 saturated heterocycles. The van der Waals surface area contributed by atoms with Crippen LogP contribution in [0.3, 0.4) is 0 Å². The number of carbonyl (C=O) groups excluding carboxylic acids is 1. The van der Waals surface area contributed by atoms with Gasteiger partial charge >= 0.3 is 0 Å². The molecular weight excluding hydrogens is 271 g/mol. The van der Waals surface area contributed by atoms with Crippen molar-refractivity contribution in [1.29, 1.82) is 0 Å². The van der Waals surface area contributed by atoms with E-state index in [2.05, 4.69) is 15.6 Å². The van der Waals surface area contributed by atoms with Gasteiger partial charge in [0, 0.05) is 36.9 Å². The number of rotatable bonds is 3. The van der Waals surface area contributed by atoms with E-state index < -0.39 is 6.04 Å². The van der Waals surface area contributed by atoms with Crippen molar-refractivity contribution in [3.05, 3.63) is 23.6 Å². The maximum atomic E-state index is 14.7. The minimum atomic E-state index is -0.411. The standard InChI is InChI=1S/C15H23FN4O/c1-10-14(21)18-7-8-20(10)13-12(16)11(5-6-17-13)9-19-15(2,3)4/h5-6,10,19H,7-9H2,1-4H3,(H,18,21). The predicted molar refractivity (Wildman–Crippen MR) is 80.6 cm³/mol. The number of nitrogens with zero attached hydrogens (tertiary/aromatic N) is 2. The Labute approximate surface area is 124 Å². The third-order valence-corrected chi connectivity index (χ3v) is 3.53. The van der Waals surface area contributed by atoms with Crippen LogP contribution in [0, 0.1) is 5.82 Å². The molecule has 2 rings (SSSR count). The normalized spacial score (nSPS) is 19.6. The molecule has 2 heterocycles. The maximum absolute atomic E-state index is 14.7. The molecule has 116 valence electrons. The number of aromatic nitrogens is 1. The summed E-state index contributed by atoms with van der Waals surface area (Å²) in [5.41, 5.74) is 0.474. The highest BCUT2D eigenvalue weighted by molar-refractivity contribution is 5.85. The molecule has 1 aromatic heterocycles. The molecule has 1 fully saturated rings. The second-order valence-corrected chi connectivity index (χ2v) is 6.37. The van der Waals surface area contributed by atoms with Crippen molar-refractivity contribution in [2.75, 3.05) is 18.0 Å². The first kappa shape index (κ1) is 15.7. The zero-order chi connectivity index (χ0) is 15.6. The van der Waals surface area contributed by atoms with Crippen LogP contribution in [0.25, 0.3) is 0 Å². The number of pyridine rings is 1. The van der Waals surface area contributed by atoms with Crippen LogP contribution >= 0.6 is 0 Å². The van der Waals surface area contributed by atoms with Gasteiger partial charge in [0.1, 0.15) is 6.04 Å². The van der Waals surface area contributed by atoms with E-state index in [1.54, 1.807) is 24.1 Å². The van der Waals surface area contributed by atoms with Gasteiger partial charge in [0.05, 0.1) is 0 Å². The summed E-state index contributed by atoms with van der Waals surface area (Å²) in [4.78, 5) is 17.6. The van der Waals surface area contributed by atoms with Crippen molar-refractivity contribution in [3.8, 4) is 0 Å². The van der Waals surface area contributed by atoms with Crippen LogP contribution in [-0.4, -0.2) is 35.6 Å². The van der Waals surface area contributed by atoms with Crippen molar-refractivity contribution in [2.45, 2.75) is 45.8 Å². The van der Waals surface area contributed by atoms with Gasteiger partial charge < -0.3 is 15.5 Å². The lowest BCUT2D eigenvalue weighted by Gasteiger charge is -2.34. The number of amides is 1. The van der Waals surface area contributed by atoms with Gasteiger partial charge in [0.15, 0.2) is 11.6 Å². The molecule has 0 radical (unpaired) electrons. The Morgan fingerprint density at radius 3 is 2.90 bits per heavy atom. The molecule has 0 aliphatic carbocycles. The van der Waals surface area contributed by atoms with Crippen molar-refractivity contribution in [1.82, 2.24) is 15.6 Å². The Balaban J connectivity index is 2.23. The average molecular weight is 294 g/mol. The van der Waals surface area contributed by atoms with Crippen LogP contribution in [0.2, 0.25) is 0 Å². The Morgan fingerprint density at radius 2 is 2.24 bits per heavy atom. The van der Waals surface area contributed by atoms with Gasteiger partial charge in [-0.05, 0) is 33.8 Å². The Kier molecular flexibility index (Phi) is 4.46. The second-order valence-electron chi connectivity index (χ2n) is 6.37. The number of carbonyl (C=O) groups is 1.